The van der Waals surface area contributed by atoms with Gasteiger partial charge in [0.1, 0.15) is 0 Å². The Morgan fingerprint density at radius 3 is 1.90 bits per heavy atom. The molecule has 0 heterocycles. The zero-order valence-corrected chi connectivity index (χ0v) is 6.85. The number of aliphatic hydroxyl groups excluding tert-OH is 1. The zero-order chi connectivity index (χ0) is 8.57. The summed E-state index contributed by atoms with van der Waals surface area (Å²) >= 11 is 0. The summed E-state index contributed by atoms with van der Waals surface area (Å²) in [5.74, 6) is -0.431. The van der Waals surface area contributed by atoms with Crippen molar-refractivity contribution in [2.75, 3.05) is 18.6 Å². The molecule has 1 unspecified atom stereocenters. The van der Waals surface area contributed by atoms with Gasteiger partial charge in [0.2, 0.25) is 0 Å². The molecule has 0 saturated carbocycles. The van der Waals surface area contributed by atoms with Crippen LogP contribution in [0, 0.1) is 0 Å². The Balaban J connectivity index is 0. The van der Waals surface area contributed by atoms with E-state index in [0.717, 1.165) is 6.92 Å². The summed E-state index contributed by atoms with van der Waals surface area (Å²) in [6, 6.07) is 0. The predicted molar refractivity (Wildman–Crippen MR) is 39.3 cm³/mol. The van der Waals surface area contributed by atoms with E-state index in [2.05, 4.69) is 0 Å². The number of carbonyl (C=O) groups is 1. The van der Waals surface area contributed by atoms with Crippen molar-refractivity contribution in [2.45, 2.75) is 6.92 Å². The molecule has 0 aliphatic heterocycles. The van der Waals surface area contributed by atoms with E-state index in [4.69, 9.17) is 15.0 Å². The van der Waals surface area contributed by atoms with Crippen LogP contribution in [0.4, 0.5) is 0 Å². The highest BCUT2D eigenvalue weighted by Gasteiger charge is 1.82. The molecule has 0 bridgehead atoms. The van der Waals surface area contributed by atoms with E-state index in [0.29, 0.717) is 5.75 Å². The Labute approximate surface area is 62.3 Å². The van der Waals surface area contributed by atoms with Gasteiger partial charge in [0.05, 0.1) is 6.61 Å². The minimum Gasteiger partial charge on any atom is -0.481 e. The van der Waals surface area contributed by atoms with Crippen molar-refractivity contribution >= 4 is 16.8 Å². The molecular formula is C5H12O4S. The van der Waals surface area contributed by atoms with E-state index in [1.807, 2.05) is 0 Å². The second kappa shape index (κ2) is 8.58. The number of hydrogen-bond donors (Lipinski definition) is 2. The first kappa shape index (κ1) is 12.3. The fraction of sp³-hybridized carbons (Fsp3) is 0.800. The van der Waals surface area contributed by atoms with Gasteiger partial charge in [-0.05, 0) is 0 Å². The van der Waals surface area contributed by atoms with Crippen LogP contribution in [0.1, 0.15) is 6.92 Å². The molecule has 0 aliphatic carbocycles. The van der Waals surface area contributed by atoms with Gasteiger partial charge in [-0.1, -0.05) is 0 Å². The molecule has 0 aliphatic rings. The van der Waals surface area contributed by atoms with Gasteiger partial charge in [-0.2, -0.15) is 0 Å². The van der Waals surface area contributed by atoms with E-state index in [-0.39, 0.29) is 6.61 Å². The zero-order valence-electron chi connectivity index (χ0n) is 6.03. The third-order valence-electron chi connectivity index (χ3n) is 0.379. The molecular weight excluding hydrogens is 156 g/mol. The molecule has 0 saturated heterocycles. The maximum absolute atomic E-state index is 9.99. The van der Waals surface area contributed by atoms with Gasteiger partial charge in [-0.25, -0.2) is 0 Å². The van der Waals surface area contributed by atoms with Gasteiger partial charge < -0.3 is 10.2 Å². The summed E-state index contributed by atoms with van der Waals surface area (Å²) in [4.78, 5) is 9.00. The first-order chi connectivity index (χ1) is 4.50. The lowest BCUT2D eigenvalue weighted by molar-refractivity contribution is -0.134. The molecule has 0 fully saturated rings. The summed E-state index contributed by atoms with van der Waals surface area (Å²) in [7, 11) is -0.816. The van der Waals surface area contributed by atoms with Crippen molar-refractivity contribution < 1.29 is 19.2 Å². The Bertz CT molecular complexity index is 108. The van der Waals surface area contributed by atoms with Crippen molar-refractivity contribution in [1.82, 2.24) is 0 Å². The van der Waals surface area contributed by atoms with Crippen LogP contribution in [0.15, 0.2) is 0 Å². The molecule has 62 valence electrons. The largest absolute Gasteiger partial charge is 0.481 e. The number of rotatable bonds is 2. The molecule has 4 nitrogen and oxygen atoms in total. The molecule has 0 amide bonds. The summed E-state index contributed by atoms with van der Waals surface area (Å²) in [5, 5.41) is 15.5. The SMILES string of the molecule is CC(=O)O.CS(=O)CCO. The highest BCUT2D eigenvalue weighted by atomic mass is 32.2. The first-order valence-corrected chi connectivity index (χ1v) is 4.33. The lowest BCUT2D eigenvalue weighted by Crippen LogP contribution is -1.97. The molecule has 1 atom stereocenters. The van der Waals surface area contributed by atoms with Crippen LogP contribution in [0.5, 0.6) is 0 Å². The molecule has 0 rings (SSSR count). The van der Waals surface area contributed by atoms with E-state index < -0.39 is 16.8 Å². The van der Waals surface area contributed by atoms with Crippen LogP contribution >= 0.6 is 0 Å². The van der Waals surface area contributed by atoms with E-state index in [1.165, 1.54) is 0 Å². The Morgan fingerprint density at radius 1 is 1.60 bits per heavy atom. The first-order valence-electron chi connectivity index (χ1n) is 2.61. The standard InChI is InChI=1S/C3H8O2S.C2H4O2/c1-6(5)3-2-4;1-2(3)4/h4H,2-3H2,1H3;1H3,(H,3,4). The van der Waals surface area contributed by atoms with Crippen LogP contribution in [0.2, 0.25) is 0 Å². The predicted octanol–water partition coefficient (Wildman–Crippen LogP) is -0.552. The molecule has 10 heavy (non-hydrogen) atoms. The normalized spacial score (nSPS) is 11.1. The Kier molecular flexibility index (Phi) is 10.5. The maximum Gasteiger partial charge on any atom is 0.300 e. The monoisotopic (exact) mass is 168 g/mol. The van der Waals surface area contributed by atoms with Gasteiger partial charge in [0.25, 0.3) is 5.97 Å². The highest BCUT2D eigenvalue weighted by molar-refractivity contribution is 7.84. The summed E-state index contributed by atoms with van der Waals surface area (Å²) < 4.78 is 9.99. The number of aliphatic hydroxyl groups is 1. The van der Waals surface area contributed by atoms with E-state index in [1.54, 1.807) is 6.26 Å². The van der Waals surface area contributed by atoms with Crippen molar-refractivity contribution in [2.24, 2.45) is 0 Å². The van der Waals surface area contributed by atoms with Crippen LogP contribution in [-0.2, 0) is 15.6 Å². The van der Waals surface area contributed by atoms with E-state index in [9.17, 15) is 4.21 Å². The van der Waals surface area contributed by atoms with Crippen molar-refractivity contribution in [1.29, 1.82) is 0 Å². The van der Waals surface area contributed by atoms with Crippen molar-refractivity contribution in [3.8, 4) is 0 Å². The fourth-order valence-corrected chi connectivity index (χ4v) is 0.386. The Morgan fingerprint density at radius 2 is 1.90 bits per heavy atom. The third-order valence-corrected chi connectivity index (χ3v) is 1.14. The molecule has 2 N–H and O–H groups in total. The number of hydrogen-bond acceptors (Lipinski definition) is 3. The van der Waals surface area contributed by atoms with Gasteiger partial charge in [-0.15, -0.1) is 0 Å². The van der Waals surface area contributed by atoms with Crippen molar-refractivity contribution in [3.05, 3.63) is 0 Å². The average molecular weight is 168 g/mol. The lowest BCUT2D eigenvalue weighted by Gasteiger charge is -1.82. The minimum atomic E-state index is -0.833. The van der Waals surface area contributed by atoms with E-state index >= 15 is 0 Å². The van der Waals surface area contributed by atoms with Gasteiger partial charge in [0.15, 0.2) is 0 Å². The number of carboxylic acid groups (broad SMARTS) is 1. The Hall–Kier alpha value is -0.420. The molecule has 0 aromatic heterocycles. The minimum absolute atomic E-state index is 0.0309. The van der Waals surface area contributed by atoms with Crippen LogP contribution < -0.4 is 0 Å². The van der Waals surface area contributed by atoms with Gasteiger partial charge in [-0.3, -0.25) is 9.00 Å². The summed E-state index contributed by atoms with van der Waals surface area (Å²) in [5.41, 5.74) is 0. The molecule has 0 radical (unpaired) electrons. The third kappa shape index (κ3) is 49.3. The van der Waals surface area contributed by atoms with Gasteiger partial charge in [0, 0.05) is 29.7 Å². The molecule has 0 spiro atoms. The lowest BCUT2D eigenvalue weighted by atomic mass is 10.9. The smallest absolute Gasteiger partial charge is 0.300 e. The maximum atomic E-state index is 9.99. The van der Waals surface area contributed by atoms with Gasteiger partial charge >= 0.3 is 0 Å². The second-order valence-corrected chi connectivity index (χ2v) is 3.07. The quantitative estimate of drug-likeness (QED) is 0.580. The second-order valence-electron chi connectivity index (χ2n) is 1.52. The number of carboxylic acids is 1. The molecule has 0 aromatic carbocycles. The average Bonchev–Trinajstić information content (AvgIpc) is 1.62. The van der Waals surface area contributed by atoms with Crippen LogP contribution in [-0.4, -0.2) is 39.0 Å². The topological polar surface area (TPSA) is 74.6 Å². The molecule has 0 aromatic rings. The summed E-state index contributed by atoms with van der Waals surface area (Å²) in [6.07, 6.45) is 1.57. The number of aliphatic carboxylic acids is 1. The van der Waals surface area contributed by atoms with Crippen LogP contribution in [0.25, 0.3) is 0 Å². The fourth-order valence-electron chi connectivity index (χ4n) is 0.129. The van der Waals surface area contributed by atoms with Crippen LogP contribution in [0.3, 0.4) is 0 Å². The molecule has 5 heteroatoms. The van der Waals surface area contributed by atoms with Crippen molar-refractivity contribution in [3.63, 3.8) is 0 Å². The summed E-state index contributed by atoms with van der Waals surface area (Å²) in [6.45, 7) is 1.11. The highest BCUT2D eigenvalue weighted by Crippen LogP contribution is 1.67.